The number of hydrogen-bond donors (Lipinski definition) is 10. The van der Waals surface area contributed by atoms with Gasteiger partial charge in [-0.05, 0) is 35.4 Å². The van der Waals surface area contributed by atoms with E-state index in [0.29, 0.717) is 11.4 Å². The van der Waals surface area contributed by atoms with E-state index in [1.54, 1.807) is 24.3 Å². The lowest BCUT2D eigenvalue weighted by Gasteiger charge is -2.40. The van der Waals surface area contributed by atoms with Crippen molar-refractivity contribution in [1.29, 1.82) is 0 Å². The van der Waals surface area contributed by atoms with Gasteiger partial charge in [-0.25, -0.2) is 0 Å². The number of aliphatic hydroxyl groups is 8. The van der Waals surface area contributed by atoms with E-state index >= 15 is 0 Å². The van der Waals surface area contributed by atoms with Crippen molar-refractivity contribution in [3.05, 3.63) is 48.5 Å². The Bertz CT molecular complexity index is 894. The van der Waals surface area contributed by atoms with Crippen molar-refractivity contribution in [2.75, 3.05) is 23.8 Å². The number of rotatable bonds is 7. The van der Waals surface area contributed by atoms with Gasteiger partial charge in [-0.3, -0.25) is 0 Å². The molecule has 2 saturated heterocycles. The van der Waals surface area contributed by atoms with Gasteiger partial charge < -0.3 is 61.0 Å². The van der Waals surface area contributed by atoms with Gasteiger partial charge in [-0.1, -0.05) is 24.3 Å². The largest absolute Gasteiger partial charge is 0.394 e. The van der Waals surface area contributed by atoms with Crippen molar-refractivity contribution >= 4 is 11.4 Å². The Morgan fingerprint density at radius 1 is 0.500 bits per heavy atom. The predicted octanol–water partition coefficient (Wildman–Crippen LogP) is -2.22. The molecule has 2 aromatic rings. The number of hydrogen-bond acceptors (Lipinski definition) is 12. The van der Waals surface area contributed by atoms with Crippen LogP contribution in [0.1, 0.15) is 0 Å². The summed E-state index contributed by atoms with van der Waals surface area (Å²) >= 11 is 0. The molecule has 2 aromatic carbocycles. The molecule has 0 radical (unpaired) electrons. The average Bonchev–Trinajstić information content (AvgIpc) is 2.90. The van der Waals surface area contributed by atoms with E-state index in [9.17, 15) is 40.9 Å². The molecule has 12 nitrogen and oxygen atoms in total. The lowest BCUT2D eigenvalue weighted by atomic mass is 9.98. The fraction of sp³-hybridized carbons (Fsp3) is 0.500. The van der Waals surface area contributed by atoms with Crippen LogP contribution in [-0.2, 0) is 9.47 Å². The van der Waals surface area contributed by atoms with E-state index in [0.717, 1.165) is 11.1 Å². The van der Waals surface area contributed by atoms with Crippen LogP contribution in [0.3, 0.4) is 0 Å². The number of benzene rings is 2. The predicted molar refractivity (Wildman–Crippen MR) is 127 cm³/mol. The fourth-order valence-corrected chi connectivity index (χ4v) is 4.29. The van der Waals surface area contributed by atoms with Crippen LogP contribution in [0.5, 0.6) is 0 Å². The second-order valence-corrected chi connectivity index (χ2v) is 8.94. The minimum Gasteiger partial charge on any atom is -0.394 e. The van der Waals surface area contributed by atoms with Gasteiger partial charge in [-0.2, -0.15) is 0 Å². The SMILES string of the molecule is OC[C@@H]1O[C@H](Nc2ccc(-c3ccc(N[C@@H]4O[C@H](CO)[C@H](O)[C@H](O)[C@@H]4O)cc3)cc2)[C@H](O)[C@H](O)[C@@H]1O. The van der Waals surface area contributed by atoms with E-state index < -0.39 is 74.5 Å². The van der Waals surface area contributed by atoms with Gasteiger partial charge >= 0.3 is 0 Å². The van der Waals surface area contributed by atoms with E-state index in [-0.39, 0.29) is 0 Å². The second kappa shape index (κ2) is 11.4. The van der Waals surface area contributed by atoms with Gasteiger partial charge in [0.05, 0.1) is 13.2 Å². The molecule has 2 aliphatic rings. The maximum atomic E-state index is 10.2. The van der Waals surface area contributed by atoms with Crippen LogP contribution in [0.25, 0.3) is 11.1 Å². The van der Waals surface area contributed by atoms with Crippen molar-refractivity contribution < 1.29 is 50.3 Å². The summed E-state index contributed by atoms with van der Waals surface area (Å²) in [6.45, 7) is -1.02. The third-order valence-corrected chi connectivity index (χ3v) is 6.51. The Morgan fingerprint density at radius 2 is 0.833 bits per heavy atom. The minimum absolute atomic E-state index is 0.511. The molecule has 10 N–H and O–H groups in total. The summed E-state index contributed by atoms with van der Waals surface area (Å²) in [4.78, 5) is 0. The molecule has 2 heterocycles. The Hall–Kier alpha value is -2.36. The van der Waals surface area contributed by atoms with Gasteiger partial charge in [0.25, 0.3) is 0 Å². The average molecular weight is 509 g/mol. The highest BCUT2D eigenvalue weighted by atomic mass is 16.6. The lowest BCUT2D eigenvalue weighted by Crippen LogP contribution is -2.60. The van der Waals surface area contributed by atoms with Crippen molar-refractivity contribution in [3.63, 3.8) is 0 Å². The van der Waals surface area contributed by atoms with Crippen LogP contribution < -0.4 is 10.6 Å². The smallest absolute Gasteiger partial charge is 0.157 e. The summed E-state index contributed by atoms with van der Waals surface area (Å²) in [6, 6.07) is 14.3. The number of anilines is 2. The monoisotopic (exact) mass is 508 g/mol. The van der Waals surface area contributed by atoms with Gasteiger partial charge in [0.15, 0.2) is 12.5 Å². The van der Waals surface area contributed by atoms with Gasteiger partial charge in [0.1, 0.15) is 48.8 Å². The molecule has 0 bridgehead atoms. The quantitative estimate of drug-likeness (QED) is 0.193. The molecule has 2 fully saturated rings. The normalized spacial score (nSPS) is 36.9. The third kappa shape index (κ3) is 5.48. The second-order valence-electron chi connectivity index (χ2n) is 8.94. The van der Waals surface area contributed by atoms with E-state index in [2.05, 4.69) is 10.6 Å². The highest BCUT2D eigenvalue weighted by Gasteiger charge is 2.44. The van der Waals surface area contributed by atoms with Crippen LogP contribution in [-0.4, -0.2) is 115 Å². The summed E-state index contributed by atoms with van der Waals surface area (Å²) in [5.41, 5.74) is 2.91. The molecule has 4 rings (SSSR count). The highest BCUT2D eigenvalue weighted by molar-refractivity contribution is 5.68. The van der Waals surface area contributed by atoms with Crippen LogP contribution in [0.15, 0.2) is 48.5 Å². The zero-order valence-corrected chi connectivity index (χ0v) is 19.2. The van der Waals surface area contributed by atoms with Gasteiger partial charge in [0, 0.05) is 11.4 Å². The number of ether oxygens (including phenoxy) is 2. The molecule has 2 aliphatic heterocycles. The van der Waals surface area contributed by atoms with Gasteiger partial charge in [-0.15, -0.1) is 0 Å². The summed E-state index contributed by atoms with van der Waals surface area (Å²) < 4.78 is 10.9. The first-order valence-corrected chi connectivity index (χ1v) is 11.6. The Labute approximate surface area is 207 Å². The maximum absolute atomic E-state index is 10.2. The summed E-state index contributed by atoms with van der Waals surface area (Å²) in [5.74, 6) is 0. The highest BCUT2D eigenvalue weighted by Crippen LogP contribution is 2.28. The van der Waals surface area contributed by atoms with Crippen LogP contribution in [0.2, 0.25) is 0 Å². The first kappa shape index (κ1) is 26.7. The molecule has 36 heavy (non-hydrogen) atoms. The first-order chi connectivity index (χ1) is 17.2. The molecular formula is C24H32N2O10. The molecule has 0 aromatic heterocycles. The van der Waals surface area contributed by atoms with E-state index in [1.807, 2.05) is 24.3 Å². The third-order valence-electron chi connectivity index (χ3n) is 6.51. The first-order valence-electron chi connectivity index (χ1n) is 11.6. The van der Waals surface area contributed by atoms with Crippen LogP contribution >= 0.6 is 0 Å². The zero-order valence-electron chi connectivity index (χ0n) is 19.2. The molecule has 12 heteroatoms. The summed E-state index contributed by atoms with van der Waals surface area (Å²) in [6.07, 6.45) is -12.7. The van der Waals surface area contributed by atoms with E-state index in [1.165, 1.54) is 0 Å². The molecule has 0 amide bonds. The molecule has 198 valence electrons. The molecular weight excluding hydrogens is 476 g/mol. The Balaban J connectivity index is 1.38. The topological polar surface area (TPSA) is 204 Å². The standard InChI is InChI=1S/C24H32N2O10/c27-9-15-17(29)19(31)21(33)23(35-15)25-13-5-1-11(2-6-13)12-3-7-14(8-4-12)26-24-22(34)20(32)18(30)16(10-28)36-24/h1-8,15-34H,9-10H2/t15-,16+,17+,18-,19+,20-,21+,22-,23-,24+. The van der Waals surface area contributed by atoms with E-state index in [4.69, 9.17) is 9.47 Å². The number of nitrogens with one attached hydrogen (secondary N) is 2. The van der Waals surface area contributed by atoms with Crippen molar-refractivity contribution in [2.45, 2.75) is 61.3 Å². The molecule has 0 spiro atoms. The van der Waals surface area contributed by atoms with Gasteiger partial charge in [0.2, 0.25) is 0 Å². The summed E-state index contributed by atoms with van der Waals surface area (Å²) in [5, 5.41) is 84.6. The zero-order chi connectivity index (χ0) is 26.0. The molecule has 0 saturated carbocycles. The Morgan fingerprint density at radius 3 is 1.14 bits per heavy atom. The summed E-state index contributed by atoms with van der Waals surface area (Å²) in [7, 11) is 0. The van der Waals surface area contributed by atoms with Crippen molar-refractivity contribution in [3.8, 4) is 11.1 Å². The number of aliphatic hydroxyl groups excluding tert-OH is 8. The lowest BCUT2D eigenvalue weighted by molar-refractivity contribution is -0.221. The van der Waals surface area contributed by atoms with Crippen molar-refractivity contribution in [1.82, 2.24) is 0 Å². The fourth-order valence-electron chi connectivity index (χ4n) is 4.29. The Kier molecular flexibility index (Phi) is 8.42. The van der Waals surface area contributed by atoms with Crippen LogP contribution in [0, 0.1) is 0 Å². The molecule has 0 aliphatic carbocycles. The minimum atomic E-state index is -1.47. The molecule has 10 atom stereocenters. The maximum Gasteiger partial charge on any atom is 0.157 e. The molecule has 0 unspecified atom stereocenters. The van der Waals surface area contributed by atoms with Crippen LogP contribution in [0.4, 0.5) is 11.4 Å². The van der Waals surface area contributed by atoms with Crippen molar-refractivity contribution in [2.24, 2.45) is 0 Å².